The predicted molar refractivity (Wildman–Crippen MR) is 115 cm³/mol. The zero-order valence-electron chi connectivity index (χ0n) is 14.9. The van der Waals surface area contributed by atoms with E-state index in [0.29, 0.717) is 36.8 Å². The van der Waals surface area contributed by atoms with Crippen molar-refractivity contribution in [2.24, 2.45) is 0 Å². The Morgan fingerprint density at radius 1 is 0.821 bits per heavy atom. The summed E-state index contributed by atoms with van der Waals surface area (Å²) in [6.07, 6.45) is 1.72. The summed E-state index contributed by atoms with van der Waals surface area (Å²) in [4.78, 5) is 6.66. The van der Waals surface area contributed by atoms with Crippen molar-refractivity contribution in [2.75, 3.05) is 31.1 Å². The van der Waals surface area contributed by atoms with E-state index in [2.05, 4.69) is 42.7 Å². The summed E-state index contributed by atoms with van der Waals surface area (Å²) in [5.74, 6) is 0.742. The van der Waals surface area contributed by atoms with E-state index >= 15 is 0 Å². The first-order valence-corrected chi connectivity index (χ1v) is 11.3. The van der Waals surface area contributed by atoms with E-state index < -0.39 is 10.0 Å². The van der Waals surface area contributed by atoms with Crippen LogP contribution in [0.2, 0.25) is 0 Å². The second-order valence-electron chi connectivity index (χ2n) is 6.34. The highest BCUT2D eigenvalue weighted by atomic mass is 127. The second kappa shape index (κ2) is 8.10. The molecule has 1 fully saturated rings. The molecule has 0 radical (unpaired) electrons. The fourth-order valence-electron chi connectivity index (χ4n) is 3.06. The van der Waals surface area contributed by atoms with Crippen LogP contribution in [0.3, 0.4) is 0 Å². The summed E-state index contributed by atoms with van der Waals surface area (Å²) >= 11 is 2.16. The summed E-state index contributed by atoms with van der Waals surface area (Å²) in [7, 11) is -3.47. The summed E-state index contributed by atoms with van der Waals surface area (Å²) in [5.41, 5.74) is 1.49. The van der Waals surface area contributed by atoms with Gasteiger partial charge in [-0.05, 0) is 71.1 Å². The highest BCUT2D eigenvalue weighted by Crippen LogP contribution is 2.21. The molecule has 4 rings (SSSR count). The Morgan fingerprint density at radius 3 is 2.18 bits per heavy atom. The summed E-state index contributed by atoms with van der Waals surface area (Å²) < 4.78 is 28.2. The molecular weight excluding hydrogens is 489 g/mol. The molecule has 9 heteroatoms. The molecule has 3 aromatic rings. The van der Waals surface area contributed by atoms with E-state index in [1.165, 1.54) is 4.31 Å². The number of pyridine rings is 1. The fourth-order valence-corrected chi connectivity index (χ4v) is 4.84. The number of benzene rings is 1. The van der Waals surface area contributed by atoms with Crippen LogP contribution in [0.1, 0.15) is 0 Å². The second-order valence-corrected chi connectivity index (χ2v) is 9.52. The van der Waals surface area contributed by atoms with Crippen LogP contribution in [0.25, 0.3) is 11.4 Å². The van der Waals surface area contributed by atoms with Gasteiger partial charge in [-0.25, -0.2) is 8.42 Å². The third-order valence-corrected chi connectivity index (χ3v) is 7.22. The number of rotatable bonds is 4. The van der Waals surface area contributed by atoms with E-state index in [0.717, 1.165) is 15.1 Å². The van der Waals surface area contributed by atoms with E-state index in [1.54, 1.807) is 18.3 Å². The maximum atomic E-state index is 12.8. The van der Waals surface area contributed by atoms with Gasteiger partial charge in [0, 0.05) is 35.9 Å². The Bertz CT molecular complexity index is 1040. The average molecular weight is 507 g/mol. The Labute approximate surface area is 177 Å². The van der Waals surface area contributed by atoms with Gasteiger partial charge < -0.3 is 4.90 Å². The fraction of sp³-hybridized carbons (Fsp3) is 0.211. The van der Waals surface area contributed by atoms with E-state index in [9.17, 15) is 8.42 Å². The molecule has 2 aromatic heterocycles. The average Bonchev–Trinajstić information content (AvgIpc) is 2.75. The highest BCUT2D eigenvalue weighted by molar-refractivity contribution is 14.1. The van der Waals surface area contributed by atoms with Gasteiger partial charge in [-0.2, -0.15) is 4.31 Å². The lowest BCUT2D eigenvalue weighted by Crippen LogP contribution is -2.49. The molecule has 28 heavy (non-hydrogen) atoms. The maximum absolute atomic E-state index is 12.8. The number of halogens is 1. The minimum atomic E-state index is -3.47. The zero-order chi connectivity index (χ0) is 19.6. The van der Waals surface area contributed by atoms with Crippen LogP contribution in [0, 0.1) is 3.57 Å². The van der Waals surface area contributed by atoms with Crippen molar-refractivity contribution in [1.29, 1.82) is 0 Å². The molecule has 3 heterocycles. The van der Waals surface area contributed by atoms with Crippen LogP contribution < -0.4 is 4.90 Å². The molecule has 0 aliphatic carbocycles. The summed E-state index contributed by atoms with van der Waals surface area (Å²) in [6, 6.07) is 16.4. The van der Waals surface area contributed by atoms with E-state index in [4.69, 9.17) is 0 Å². The Kier molecular flexibility index (Phi) is 5.56. The summed E-state index contributed by atoms with van der Waals surface area (Å²) in [6.45, 7) is 1.97. The topological polar surface area (TPSA) is 79.3 Å². The van der Waals surface area contributed by atoms with E-state index in [-0.39, 0.29) is 0 Å². The van der Waals surface area contributed by atoms with Gasteiger partial charge in [-0.1, -0.05) is 6.07 Å². The van der Waals surface area contributed by atoms with Crippen LogP contribution in [-0.4, -0.2) is 54.1 Å². The molecule has 1 aromatic carbocycles. The molecule has 0 spiro atoms. The van der Waals surface area contributed by atoms with Gasteiger partial charge in [0.25, 0.3) is 0 Å². The first kappa shape index (κ1) is 19.2. The van der Waals surface area contributed by atoms with Crippen molar-refractivity contribution in [3.8, 4) is 11.4 Å². The molecule has 0 amide bonds. The minimum absolute atomic E-state index is 0.334. The highest BCUT2D eigenvalue weighted by Gasteiger charge is 2.29. The number of hydrogen-bond donors (Lipinski definition) is 0. The van der Waals surface area contributed by atoms with Crippen LogP contribution >= 0.6 is 22.6 Å². The number of aromatic nitrogens is 3. The molecule has 0 N–H and O–H groups in total. The molecule has 1 aliphatic rings. The quantitative estimate of drug-likeness (QED) is 0.506. The first-order valence-electron chi connectivity index (χ1n) is 8.80. The van der Waals surface area contributed by atoms with Crippen molar-refractivity contribution < 1.29 is 8.42 Å². The molecule has 144 valence electrons. The number of hydrogen-bond acceptors (Lipinski definition) is 6. The van der Waals surface area contributed by atoms with Gasteiger partial charge in [0.2, 0.25) is 10.0 Å². The standard InChI is InChI=1S/C19H18IN5O2S/c20-15-4-6-16(7-5-15)28(26,27)25-13-11-24(12-14-25)19-9-8-18(22-23-19)17-3-1-2-10-21-17/h1-10H,11-14H2. The molecule has 1 aliphatic heterocycles. The predicted octanol–water partition coefficient (Wildman–Crippen LogP) is 2.65. The van der Waals surface area contributed by atoms with E-state index in [1.807, 2.05) is 42.5 Å². The first-order chi connectivity index (χ1) is 13.5. The number of anilines is 1. The van der Waals surface area contributed by atoms with Gasteiger partial charge >= 0.3 is 0 Å². The van der Waals surface area contributed by atoms with Crippen molar-refractivity contribution in [2.45, 2.75) is 4.90 Å². The van der Waals surface area contributed by atoms with Crippen molar-refractivity contribution in [1.82, 2.24) is 19.5 Å². The SMILES string of the molecule is O=S(=O)(c1ccc(I)cc1)N1CCN(c2ccc(-c3ccccn3)nn2)CC1. The Morgan fingerprint density at radius 2 is 1.57 bits per heavy atom. The number of sulfonamides is 1. The zero-order valence-corrected chi connectivity index (χ0v) is 17.9. The molecule has 0 bridgehead atoms. The largest absolute Gasteiger partial charge is 0.352 e. The lowest BCUT2D eigenvalue weighted by molar-refractivity contribution is 0.383. The van der Waals surface area contributed by atoms with Crippen molar-refractivity contribution in [3.05, 3.63) is 64.4 Å². The van der Waals surface area contributed by atoms with Gasteiger partial charge in [0.15, 0.2) is 5.82 Å². The molecular formula is C19H18IN5O2S. The molecule has 0 atom stereocenters. The lowest BCUT2D eigenvalue weighted by Gasteiger charge is -2.34. The summed E-state index contributed by atoms with van der Waals surface area (Å²) in [5, 5.41) is 8.56. The monoisotopic (exact) mass is 507 g/mol. The van der Waals surface area contributed by atoms with Crippen molar-refractivity contribution in [3.63, 3.8) is 0 Å². The molecule has 0 saturated carbocycles. The molecule has 1 saturated heterocycles. The van der Waals surface area contributed by atoms with Gasteiger partial charge in [-0.15, -0.1) is 10.2 Å². The Balaban J connectivity index is 1.43. The smallest absolute Gasteiger partial charge is 0.243 e. The van der Waals surface area contributed by atoms with Gasteiger partial charge in [-0.3, -0.25) is 4.98 Å². The maximum Gasteiger partial charge on any atom is 0.243 e. The van der Waals surface area contributed by atoms with Crippen LogP contribution in [0.4, 0.5) is 5.82 Å². The number of piperazine rings is 1. The van der Waals surface area contributed by atoms with Crippen LogP contribution in [0.15, 0.2) is 65.7 Å². The number of nitrogens with zero attached hydrogens (tertiary/aromatic N) is 5. The van der Waals surface area contributed by atoms with Gasteiger partial charge in [0.05, 0.1) is 10.6 Å². The molecule has 0 unspecified atom stereocenters. The minimum Gasteiger partial charge on any atom is -0.352 e. The van der Waals surface area contributed by atoms with Crippen molar-refractivity contribution >= 4 is 38.4 Å². The third-order valence-electron chi connectivity index (χ3n) is 4.59. The molecule has 7 nitrogen and oxygen atoms in total. The third kappa shape index (κ3) is 4.01. The van der Waals surface area contributed by atoms with Crippen LogP contribution in [-0.2, 0) is 10.0 Å². The Hall–Kier alpha value is -2.11. The van der Waals surface area contributed by atoms with Gasteiger partial charge in [0.1, 0.15) is 5.69 Å². The normalized spacial score (nSPS) is 15.5. The van der Waals surface area contributed by atoms with Crippen LogP contribution in [0.5, 0.6) is 0 Å². The lowest BCUT2D eigenvalue weighted by atomic mass is 10.2.